The molecule has 4 rings (SSSR count). The maximum atomic E-state index is 12.4. The van der Waals surface area contributed by atoms with Crippen LogP contribution < -0.4 is 24.8 Å². The van der Waals surface area contributed by atoms with Crippen LogP contribution in [0.15, 0.2) is 79.1 Å². The zero-order chi connectivity index (χ0) is 23.9. The van der Waals surface area contributed by atoms with E-state index in [0.29, 0.717) is 45.7 Å². The first-order valence-corrected chi connectivity index (χ1v) is 10.5. The van der Waals surface area contributed by atoms with Crippen LogP contribution in [0, 0.1) is 0 Å². The van der Waals surface area contributed by atoms with Crippen LogP contribution in [0.4, 0.5) is 17.2 Å². The fraction of sp³-hybridized carbons (Fsp3) is 0.115. The minimum absolute atomic E-state index is 0.162. The minimum atomic E-state index is -0.162. The number of amides is 1. The number of nitrogens with zero attached hydrogens (tertiary/aromatic N) is 2. The number of hydrogen-bond acceptors (Lipinski definition) is 7. The molecule has 0 atom stereocenters. The molecule has 1 aromatic heterocycles. The first-order valence-electron chi connectivity index (χ1n) is 10.5. The van der Waals surface area contributed by atoms with Crippen molar-refractivity contribution in [2.75, 3.05) is 32.0 Å². The summed E-state index contributed by atoms with van der Waals surface area (Å²) in [5.41, 5.74) is 3.54. The number of carbonyl (C=O) groups is 1. The third-order valence-corrected chi connectivity index (χ3v) is 5.05. The van der Waals surface area contributed by atoms with E-state index in [4.69, 9.17) is 14.2 Å². The van der Waals surface area contributed by atoms with Crippen LogP contribution in [0.3, 0.4) is 0 Å². The largest absolute Gasteiger partial charge is 0.493 e. The Balaban J connectivity index is 1.51. The van der Waals surface area contributed by atoms with E-state index in [2.05, 4.69) is 20.6 Å². The molecule has 2 N–H and O–H groups in total. The van der Waals surface area contributed by atoms with Crippen LogP contribution in [0.25, 0.3) is 11.3 Å². The molecular weight excluding hydrogens is 432 g/mol. The third kappa shape index (κ3) is 5.07. The van der Waals surface area contributed by atoms with E-state index < -0.39 is 0 Å². The zero-order valence-electron chi connectivity index (χ0n) is 19.0. The number of carbonyl (C=O) groups excluding carboxylic acids is 1. The number of anilines is 3. The van der Waals surface area contributed by atoms with Crippen LogP contribution in [0.2, 0.25) is 0 Å². The zero-order valence-corrected chi connectivity index (χ0v) is 19.0. The van der Waals surface area contributed by atoms with Gasteiger partial charge in [0.05, 0.1) is 39.4 Å². The van der Waals surface area contributed by atoms with Crippen molar-refractivity contribution in [3.63, 3.8) is 0 Å². The lowest BCUT2D eigenvalue weighted by molar-refractivity contribution is 0.102. The quantitative estimate of drug-likeness (QED) is 0.378. The molecule has 0 fully saturated rings. The molecule has 4 aromatic rings. The summed E-state index contributed by atoms with van der Waals surface area (Å²) in [6.07, 6.45) is 3.30. The highest BCUT2D eigenvalue weighted by molar-refractivity contribution is 6.04. The van der Waals surface area contributed by atoms with Crippen molar-refractivity contribution < 1.29 is 19.0 Å². The van der Waals surface area contributed by atoms with Gasteiger partial charge >= 0.3 is 0 Å². The standard InChI is InChI=1S/C26H24N4O4/c1-32-22-13-20(14-23(33-2)25(22)34-3)28-24-16-27-15-21(30-24)17-9-11-19(12-10-17)29-26(31)18-7-5-4-6-8-18/h4-16H,1-3H3,(H,28,30)(H,29,31). The van der Waals surface area contributed by atoms with Gasteiger partial charge in [-0.15, -0.1) is 0 Å². The van der Waals surface area contributed by atoms with Crippen LogP contribution in [0.1, 0.15) is 10.4 Å². The lowest BCUT2D eigenvalue weighted by atomic mass is 10.1. The number of methoxy groups -OCH3 is 3. The van der Waals surface area contributed by atoms with E-state index in [9.17, 15) is 4.79 Å². The normalized spacial score (nSPS) is 10.3. The van der Waals surface area contributed by atoms with Gasteiger partial charge in [0, 0.05) is 34.6 Å². The second kappa shape index (κ2) is 10.4. The van der Waals surface area contributed by atoms with Crippen molar-refractivity contribution in [3.05, 3.63) is 84.7 Å². The number of ether oxygens (including phenoxy) is 3. The topological polar surface area (TPSA) is 94.6 Å². The highest BCUT2D eigenvalue weighted by Gasteiger charge is 2.14. The van der Waals surface area contributed by atoms with E-state index in [-0.39, 0.29) is 5.91 Å². The molecule has 0 saturated heterocycles. The maximum Gasteiger partial charge on any atom is 0.255 e. The Labute approximate surface area is 197 Å². The molecule has 8 heteroatoms. The first-order chi connectivity index (χ1) is 16.6. The molecule has 0 aliphatic rings. The molecular formula is C26H24N4O4. The molecule has 1 amide bonds. The number of benzene rings is 3. The Hall–Kier alpha value is -4.59. The first kappa shape index (κ1) is 22.6. The third-order valence-electron chi connectivity index (χ3n) is 5.05. The Bertz CT molecular complexity index is 1250. The van der Waals surface area contributed by atoms with Crippen molar-refractivity contribution in [3.8, 4) is 28.5 Å². The smallest absolute Gasteiger partial charge is 0.255 e. The molecule has 8 nitrogen and oxygen atoms in total. The van der Waals surface area contributed by atoms with Crippen molar-refractivity contribution in [2.24, 2.45) is 0 Å². The van der Waals surface area contributed by atoms with Gasteiger partial charge in [-0.3, -0.25) is 9.78 Å². The molecule has 34 heavy (non-hydrogen) atoms. The number of rotatable bonds is 8. The predicted octanol–water partition coefficient (Wildman–Crippen LogP) is 5.17. The summed E-state index contributed by atoms with van der Waals surface area (Å²) in [5, 5.41) is 6.11. The van der Waals surface area contributed by atoms with Gasteiger partial charge in [-0.25, -0.2) is 4.98 Å². The molecule has 3 aromatic carbocycles. The molecule has 1 heterocycles. The van der Waals surface area contributed by atoms with Crippen molar-refractivity contribution in [1.82, 2.24) is 9.97 Å². The van der Waals surface area contributed by atoms with E-state index in [1.54, 1.807) is 58.0 Å². The lowest BCUT2D eigenvalue weighted by Crippen LogP contribution is -2.11. The second-order valence-corrected chi connectivity index (χ2v) is 7.23. The summed E-state index contributed by atoms with van der Waals surface area (Å²) < 4.78 is 16.2. The van der Waals surface area contributed by atoms with Crippen LogP contribution in [-0.4, -0.2) is 37.2 Å². The molecule has 0 bridgehead atoms. The van der Waals surface area contributed by atoms with Crippen molar-refractivity contribution in [2.45, 2.75) is 0 Å². The van der Waals surface area contributed by atoms with E-state index >= 15 is 0 Å². The monoisotopic (exact) mass is 456 g/mol. The van der Waals surface area contributed by atoms with Gasteiger partial charge in [-0.2, -0.15) is 0 Å². The Morgan fingerprint density at radius 2 is 1.47 bits per heavy atom. The molecule has 0 aliphatic carbocycles. The summed E-state index contributed by atoms with van der Waals surface area (Å²) in [6, 6.07) is 20.1. The Morgan fingerprint density at radius 1 is 0.794 bits per heavy atom. The average molecular weight is 457 g/mol. The molecule has 0 unspecified atom stereocenters. The summed E-state index contributed by atoms with van der Waals surface area (Å²) in [7, 11) is 4.68. The maximum absolute atomic E-state index is 12.4. The molecule has 0 aliphatic heterocycles. The van der Waals surface area contributed by atoms with Gasteiger partial charge < -0.3 is 24.8 Å². The lowest BCUT2D eigenvalue weighted by Gasteiger charge is -2.15. The highest BCUT2D eigenvalue weighted by atomic mass is 16.5. The fourth-order valence-corrected chi connectivity index (χ4v) is 3.38. The van der Waals surface area contributed by atoms with Crippen LogP contribution in [0.5, 0.6) is 17.2 Å². The van der Waals surface area contributed by atoms with Crippen LogP contribution >= 0.6 is 0 Å². The molecule has 0 spiro atoms. The van der Waals surface area contributed by atoms with Gasteiger partial charge in [0.2, 0.25) is 5.75 Å². The van der Waals surface area contributed by atoms with Gasteiger partial charge in [-0.05, 0) is 24.3 Å². The summed E-state index contributed by atoms with van der Waals surface area (Å²) in [6.45, 7) is 0. The van der Waals surface area contributed by atoms with Gasteiger partial charge in [0.1, 0.15) is 5.82 Å². The van der Waals surface area contributed by atoms with E-state index in [1.807, 2.05) is 42.5 Å². The number of aromatic nitrogens is 2. The minimum Gasteiger partial charge on any atom is -0.493 e. The fourth-order valence-electron chi connectivity index (χ4n) is 3.38. The average Bonchev–Trinajstić information content (AvgIpc) is 2.89. The summed E-state index contributed by atoms with van der Waals surface area (Å²) in [5.74, 6) is 1.95. The van der Waals surface area contributed by atoms with Crippen molar-refractivity contribution >= 4 is 23.1 Å². The molecule has 172 valence electrons. The SMILES string of the molecule is COc1cc(Nc2cncc(-c3ccc(NC(=O)c4ccccc4)cc3)n2)cc(OC)c1OC. The number of hydrogen-bond donors (Lipinski definition) is 2. The Morgan fingerprint density at radius 3 is 2.09 bits per heavy atom. The summed E-state index contributed by atoms with van der Waals surface area (Å²) >= 11 is 0. The van der Waals surface area contributed by atoms with E-state index in [1.165, 1.54) is 0 Å². The molecule has 0 radical (unpaired) electrons. The molecule has 0 saturated carbocycles. The van der Waals surface area contributed by atoms with Crippen molar-refractivity contribution in [1.29, 1.82) is 0 Å². The highest BCUT2D eigenvalue weighted by Crippen LogP contribution is 2.40. The van der Waals surface area contributed by atoms with Gasteiger partial charge in [0.15, 0.2) is 11.5 Å². The predicted molar refractivity (Wildman–Crippen MR) is 131 cm³/mol. The van der Waals surface area contributed by atoms with Gasteiger partial charge in [0.25, 0.3) is 5.91 Å². The summed E-state index contributed by atoms with van der Waals surface area (Å²) in [4.78, 5) is 21.3. The Kier molecular flexibility index (Phi) is 6.88. The number of nitrogens with one attached hydrogen (secondary N) is 2. The van der Waals surface area contributed by atoms with Gasteiger partial charge in [-0.1, -0.05) is 30.3 Å². The van der Waals surface area contributed by atoms with E-state index in [0.717, 1.165) is 5.56 Å². The second-order valence-electron chi connectivity index (χ2n) is 7.23. The van der Waals surface area contributed by atoms with Crippen LogP contribution in [-0.2, 0) is 0 Å².